The lowest BCUT2D eigenvalue weighted by atomic mass is 9.67. The van der Waals surface area contributed by atoms with Gasteiger partial charge in [0, 0.05) is 5.41 Å². The normalized spacial score (nSPS) is 22.5. The molecule has 3 aliphatic rings. The molecule has 6 nitrogen and oxygen atoms in total. The van der Waals surface area contributed by atoms with Crippen molar-refractivity contribution in [2.45, 2.75) is 109 Å². The van der Waals surface area contributed by atoms with Crippen LogP contribution >= 0.6 is 0 Å². The number of rotatable bonds is 10. The van der Waals surface area contributed by atoms with E-state index in [-0.39, 0.29) is 42.1 Å². The summed E-state index contributed by atoms with van der Waals surface area (Å²) < 4.78 is 26.1. The van der Waals surface area contributed by atoms with E-state index >= 15 is 0 Å². The Hall–Kier alpha value is -1.67. The van der Waals surface area contributed by atoms with Crippen LogP contribution in [-0.2, 0) is 24.0 Å². The van der Waals surface area contributed by atoms with Gasteiger partial charge >= 0.3 is 14.2 Å². The quantitative estimate of drug-likeness (QED) is 0.354. The van der Waals surface area contributed by atoms with Crippen LogP contribution in [0.3, 0.4) is 0 Å². The molecule has 0 saturated carbocycles. The van der Waals surface area contributed by atoms with Crippen LogP contribution in [-0.4, -0.2) is 87.7 Å². The molecule has 2 aliphatic heterocycles. The van der Waals surface area contributed by atoms with Gasteiger partial charge in [0.2, 0.25) is 0 Å². The van der Waals surface area contributed by atoms with E-state index in [0.717, 1.165) is 49.7 Å². The molecule has 2 saturated heterocycles. The predicted octanol–water partition coefficient (Wildman–Crippen LogP) is 5.24. The third-order valence-corrected chi connectivity index (χ3v) is 10.9. The van der Waals surface area contributed by atoms with Crippen LogP contribution in [0.25, 0.3) is 11.1 Å². The van der Waals surface area contributed by atoms with E-state index in [4.69, 9.17) is 18.6 Å². The second-order valence-electron chi connectivity index (χ2n) is 15.7. The maximum Gasteiger partial charge on any atom is 0.494 e. The molecule has 2 fully saturated rings. The Kier molecular flexibility index (Phi) is 8.59. The van der Waals surface area contributed by atoms with Crippen molar-refractivity contribution < 1.29 is 18.6 Å². The highest BCUT2D eigenvalue weighted by atomic mass is 16.7. The van der Waals surface area contributed by atoms with Gasteiger partial charge in [-0.25, -0.2) is 0 Å². The van der Waals surface area contributed by atoms with Gasteiger partial charge in [-0.3, -0.25) is 0 Å². The van der Waals surface area contributed by atoms with Crippen LogP contribution in [0.5, 0.6) is 0 Å². The lowest BCUT2D eigenvalue weighted by Gasteiger charge is -2.34. The van der Waals surface area contributed by atoms with Crippen molar-refractivity contribution in [1.29, 1.82) is 0 Å². The molecule has 0 N–H and O–H groups in total. The van der Waals surface area contributed by atoms with Gasteiger partial charge in [-0.05, 0) is 156 Å². The molecule has 0 bridgehead atoms. The fourth-order valence-electron chi connectivity index (χ4n) is 6.84. The summed E-state index contributed by atoms with van der Waals surface area (Å²) in [5.74, 6) is 0. The van der Waals surface area contributed by atoms with E-state index in [1.165, 1.54) is 22.3 Å². The summed E-state index contributed by atoms with van der Waals surface area (Å²) in [5, 5.41) is 0. The Morgan fingerprint density at radius 3 is 1.16 bits per heavy atom. The van der Waals surface area contributed by atoms with Crippen LogP contribution < -0.4 is 10.9 Å². The van der Waals surface area contributed by atoms with Gasteiger partial charge in [-0.2, -0.15) is 0 Å². The highest BCUT2D eigenvalue weighted by Crippen LogP contribution is 2.53. The Bertz CT molecular complexity index is 1200. The summed E-state index contributed by atoms with van der Waals surface area (Å²) in [6.07, 6.45) is 4.35. The largest absolute Gasteiger partial charge is 0.494 e. The maximum atomic E-state index is 6.54. The Morgan fingerprint density at radius 2 is 0.860 bits per heavy atom. The molecular weight excluding hydrogens is 534 g/mol. The first-order valence-electron chi connectivity index (χ1n) is 16.2. The molecule has 0 unspecified atom stereocenters. The first-order chi connectivity index (χ1) is 19.9. The van der Waals surface area contributed by atoms with Gasteiger partial charge in [0.25, 0.3) is 0 Å². The van der Waals surface area contributed by atoms with Gasteiger partial charge < -0.3 is 28.4 Å². The minimum Gasteiger partial charge on any atom is -0.399 e. The molecule has 5 rings (SSSR count). The van der Waals surface area contributed by atoms with Crippen LogP contribution in [0, 0.1) is 0 Å². The fourth-order valence-corrected chi connectivity index (χ4v) is 6.84. The molecule has 0 radical (unpaired) electrons. The second-order valence-corrected chi connectivity index (χ2v) is 15.7. The zero-order valence-electron chi connectivity index (χ0n) is 28.9. The molecule has 0 amide bonds. The van der Waals surface area contributed by atoms with E-state index < -0.39 is 0 Å². The molecule has 43 heavy (non-hydrogen) atoms. The average molecular weight is 588 g/mol. The van der Waals surface area contributed by atoms with Crippen LogP contribution in [0.2, 0.25) is 0 Å². The lowest BCUT2D eigenvalue weighted by Crippen LogP contribution is -2.41. The first-order valence-corrected chi connectivity index (χ1v) is 16.2. The predicted molar refractivity (Wildman–Crippen MR) is 180 cm³/mol. The maximum absolute atomic E-state index is 6.54. The van der Waals surface area contributed by atoms with Gasteiger partial charge in [-0.15, -0.1) is 0 Å². The lowest BCUT2D eigenvalue weighted by molar-refractivity contribution is 0.00578. The molecule has 0 atom stereocenters. The summed E-state index contributed by atoms with van der Waals surface area (Å²) in [6.45, 7) is 19.1. The number of benzene rings is 2. The van der Waals surface area contributed by atoms with Crippen LogP contribution in [0.4, 0.5) is 0 Å². The SMILES string of the molecule is CN(C)CCCC1(CCCN(C)C)c2cc(B3OC(C)(C)C(C)(C)O3)ccc2-c2ccc(B3OC(C)(C)C(C)(C)O3)cc21. The Morgan fingerprint density at radius 1 is 0.535 bits per heavy atom. The minimum atomic E-state index is -0.388. The van der Waals surface area contributed by atoms with Gasteiger partial charge in [0.05, 0.1) is 22.4 Å². The summed E-state index contributed by atoms with van der Waals surface area (Å²) in [4.78, 5) is 4.60. The van der Waals surface area contributed by atoms with Crippen molar-refractivity contribution in [3.63, 3.8) is 0 Å². The van der Waals surface area contributed by atoms with E-state index in [1.807, 2.05) is 0 Å². The topological polar surface area (TPSA) is 43.4 Å². The zero-order chi connectivity index (χ0) is 31.6. The van der Waals surface area contributed by atoms with Crippen molar-refractivity contribution in [3.05, 3.63) is 47.5 Å². The van der Waals surface area contributed by atoms with Gasteiger partial charge in [0.15, 0.2) is 0 Å². The van der Waals surface area contributed by atoms with Crippen LogP contribution in [0.1, 0.15) is 92.2 Å². The molecule has 0 spiro atoms. The molecule has 2 aromatic carbocycles. The smallest absolute Gasteiger partial charge is 0.399 e. The van der Waals surface area contributed by atoms with E-state index in [2.05, 4.69) is 130 Å². The van der Waals surface area contributed by atoms with Crippen LogP contribution in [0.15, 0.2) is 36.4 Å². The minimum absolute atomic E-state index is 0.129. The Labute approximate surface area is 262 Å². The monoisotopic (exact) mass is 588 g/mol. The molecule has 8 heteroatoms. The third-order valence-electron chi connectivity index (χ3n) is 10.9. The van der Waals surface area contributed by atoms with E-state index in [9.17, 15) is 0 Å². The molecule has 1 aliphatic carbocycles. The third kappa shape index (κ3) is 5.89. The van der Waals surface area contributed by atoms with Crippen molar-refractivity contribution in [3.8, 4) is 11.1 Å². The van der Waals surface area contributed by atoms with Gasteiger partial charge in [-0.1, -0.05) is 36.4 Å². The zero-order valence-corrected chi connectivity index (χ0v) is 28.9. The fraction of sp³-hybridized carbons (Fsp3) is 0.657. The average Bonchev–Trinajstić information content (AvgIpc) is 3.38. The van der Waals surface area contributed by atoms with Crippen molar-refractivity contribution >= 4 is 25.2 Å². The van der Waals surface area contributed by atoms with Crippen molar-refractivity contribution in [1.82, 2.24) is 9.80 Å². The number of hydrogen-bond acceptors (Lipinski definition) is 6. The number of fused-ring (bicyclic) bond motifs is 3. The standard InChI is InChI=1S/C35H54B2N2O4/c1-31(2)32(3,4)41-36(40-31)25-15-17-27-28-18-16-26(37-42-33(5,6)34(7,8)43-37)24-30(28)35(29(27)23-25,19-13-21-38(9)10)20-14-22-39(11)12/h15-18,23-24H,13-14,19-22H2,1-12H3. The summed E-state index contributed by atoms with van der Waals surface area (Å²) >= 11 is 0. The highest BCUT2D eigenvalue weighted by molar-refractivity contribution is 6.62. The molecule has 234 valence electrons. The summed E-state index contributed by atoms with van der Waals surface area (Å²) in [5.41, 5.74) is 5.99. The molecule has 2 aromatic rings. The summed E-state index contributed by atoms with van der Waals surface area (Å²) in [6, 6.07) is 13.8. The van der Waals surface area contributed by atoms with E-state index in [1.54, 1.807) is 0 Å². The van der Waals surface area contributed by atoms with Crippen molar-refractivity contribution in [2.75, 3.05) is 41.3 Å². The molecular formula is C35H54B2N2O4. The molecule has 2 heterocycles. The highest BCUT2D eigenvalue weighted by Gasteiger charge is 2.54. The van der Waals surface area contributed by atoms with E-state index in [0.29, 0.717) is 0 Å². The number of hydrogen-bond donors (Lipinski definition) is 0. The first kappa shape index (κ1) is 32.7. The van der Waals surface area contributed by atoms with Crippen molar-refractivity contribution in [2.24, 2.45) is 0 Å². The second kappa shape index (κ2) is 11.3. The van der Waals surface area contributed by atoms with Gasteiger partial charge in [0.1, 0.15) is 0 Å². The Balaban J connectivity index is 1.62. The summed E-state index contributed by atoms with van der Waals surface area (Å²) in [7, 11) is 7.90. The number of nitrogens with zero attached hydrogens (tertiary/aromatic N) is 2. The molecule has 0 aromatic heterocycles.